The molecule has 0 amide bonds. The smallest absolute Gasteiger partial charge is 0.125 e. The van der Waals surface area contributed by atoms with Gasteiger partial charge in [0, 0.05) is 10.0 Å². The first-order valence-corrected chi connectivity index (χ1v) is 6.47. The summed E-state index contributed by atoms with van der Waals surface area (Å²) in [5.74, 6) is 0.608. The molecule has 0 spiro atoms. The molecule has 0 saturated heterocycles. The molecule has 0 heterocycles. The van der Waals surface area contributed by atoms with Crippen molar-refractivity contribution in [2.45, 2.75) is 38.9 Å². The van der Waals surface area contributed by atoms with Crippen molar-refractivity contribution in [3.63, 3.8) is 0 Å². The van der Waals surface area contributed by atoms with Crippen molar-refractivity contribution in [3.8, 4) is 5.75 Å². The molecule has 3 nitrogen and oxygen atoms in total. The van der Waals surface area contributed by atoms with Crippen molar-refractivity contribution in [1.82, 2.24) is 0 Å². The van der Waals surface area contributed by atoms with Gasteiger partial charge in [-0.2, -0.15) is 0 Å². The minimum atomic E-state index is -0.844. The number of rotatable bonds is 5. The van der Waals surface area contributed by atoms with Gasteiger partial charge in [0.2, 0.25) is 0 Å². The SMILES string of the molecule is CCC(C)(O)COc1ccc(Br)cc1[C@@H](C)O. The van der Waals surface area contributed by atoms with E-state index in [1.165, 1.54) is 0 Å². The Morgan fingerprint density at radius 2 is 2.12 bits per heavy atom. The Balaban J connectivity index is 2.84. The molecule has 0 aliphatic carbocycles. The zero-order valence-electron chi connectivity index (χ0n) is 10.4. The normalized spacial score (nSPS) is 16.4. The van der Waals surface area contributed by atoms with Crippen LogP contribution in [0.25, 0.3) is 0 Å². The molecular formula is C13H19BrO3. The first-order chi connectivity index (χ1) is 7.85. The average molecular weight is 303 g/mol. The molecule has 17 heavy (non-hydrogen) atoms. The number of ether oxygens (including phenoxy) is 1. The van der Waals surface area contributed by atoms with Crippen LogP contribution in [0.1, 0.15) is 38.9 Å². The maximum Gasteiger partial charge on any atom is 0.125 e. The van der Waals surface area contributed by atoms with Crippen molar-refractivity contribution < 1.29 is 14.9 Å². The predicted molar refractivity (Wildman–Crippen MR) is 71.2 cm³/mol. The fourth-order valence-corrected chi connectivity index (χ4v) is 1.69. The second kappa shape index (κ2) is 5.85. The van der Waals surface area contributed by atoms with E-state index in [1.807, 2.05) is 19.1 Å². The molecule has 1 aromatic carbocycles. The number of hydrogen-bond acceptors (Lipinski definition) is 3. The van der Waals surface area contributed by atoms with E-state index in [9.17, 15) is 10.2 Å². The van der Waals surface area contributed by atoms with E-state index in [-0.39, 0.29) is 6.61 Å². The van der Waals surface area contributed by atoms with E-state index < -0.39 is 11.7 Å². The number of halogens is 1. The highest BCUT2D eigenvalue weighted by molar-refractivity contribution is 9.10. The van der Waals surface area contributed by atoms with Gasteiger partial charge in [0.15, 0.2) is 0 Å². The lowest BCUT2D eigenvalue weighted by Crippen LogP contribution is -2.31. The van der Waals surface area contributed by atoms with Gasteiger partial charge in [-0.1, -0.05) is 22.9 Å². The van der Waals surface area contributed by atoms with Crippen LogP contribution in [0.5, 0.6) is 5.75 Å². The first-order valence-electron chi connectivity index (χ1n) is 5.68. The van der Waals surface area contributed by atoms with Gasteiger partial charge in [-0.05, 0) is 38.5 Å². The molecular weight excluding hydrogens is 284 g/mol. The minimum Gasteiger partial charge on any atom is -0.490 e. The molecule has 2 N–H and O–H groups in total. The topological polar surface area (TPSA) is 49.7 Å². The van der Waals surface area contributed by atoms with Gasteiger partial charge in [-0.3, -0.25) is 0 Å². The van der Waals surface area contributed by atoms with Crippen molar-refractivity contribution in [2.75, 3.05) is 6.61 Å². The van der Waals surface area contributed by atoms with E-state index in [1.54, 1.807) is 19.9 Å². The van der Waals surface area contributed by atoms with Gasteiger partial charge >= 0.3 is 0 Å². The van der Waals surface area contributed by atoms with Crippen LogP contribution in [0.4, 0.5) is 0 Å². The van der Waals surface area contributed by atoms with Crippen LogP contribution in [-0.2, 0) is 0 Å². The molecule has 0 bridgehead atoms. The summed E-state index contributed by atoms with van der Waals surface area (Å²) in [7, 11) is 0. The van der Waals surface area contributed by atoms with E-state index in [0.29, 0.717) is 17.7 Å². The number of benzene rings is 1. The molecule has 0 radical (unpaired) electrons. The Kier molecular flexibility index (Phi) is 4.98. The third-order valence-electron chi connectivity index (χ3n) is 2.72. The predicted octanol–water partition coefficient (Wildman–Crippen LogP) is 3.04. The first kappa shape index (κ1) is 14.5. The second-order valence-electron chi connectivity index (χ2n) is 4.50. The molecule has 1 rings (SSSR count). The lowest BCUT2D eigenvalue weighted by Gasteiger charge is -2.23. The van der Waals surface area contributed by atoms with Crippen LogP contribution in [0.15, 0.2) is 22.7 Å². The Hall–Kier alpha value is -0.580. The van der Waals surface area contributed by atoms with Crippen LogP contribution < -0.4 is 4.74 Å². The lowest BCUT2D eigenvalue weighted by atomic mass is 10.1. The van der Waals surface area contributed by atoms with Gasteiger partial charge in [0.05, 0.1) is 11.7 Å². The highest BCUT2D eigenvalue weighted by Crippen LogP contribution is 2.29. The minimum absolute atomic E-state index is 0.213. The molecule has 0 aromatic heterocycles. The van der Waals surface area contributed by atoms with Crippen LogP contribution in [0, 0.1) is 0 Å². The summed E-state index contributed by atoms with van der Waals surface area (Å²) in [6, 6.07) is 5.46. The van der Waals surface area contributed by atoms with Gasteiger partial charge in [-0.25, -0.2) is 0 Å². The Morgan fingerprint density at radius 3 is 2.65 bits per heavy atom. The summed E-state index contributed by atoms with van der Waals surface area (Å²) in [6.45, 7) is 5.53. The summed E-state index contributed by atoms with van der Waals surface area (Å²) in [5.41, 5.74) is -0.130. The van der Waals surface area contributed by atoms with Crippen LogP contribution in [-0.4, -0.2) is 22.4 Å². The van der Waals surface area contributed by atoms with Crippen LogP contribution in [0.2, 0.25) is 0 Å². The van der Waals surface area contributed by atoms with E-state index in [2.05, 4.69) is 15.9 Å². The Bertz CT molecular complexity index is 375. The number of aliphatic hydroxyl groups is 2. The standard InChI is InChI=1S/C13H19BrO3/c1-4-13(3,16)8-17-12-6-5-10(14)7-11(12)9(2)15/h5-7,9,15-16H,4,8H2,1-3H3/t9-,13?/m1/s1. The van der Waals surface area contributed by atoms with Gasteiger partial charge in [0.1, 0.15) is 12.4 Å². The zero-order valence-corrected chi connectivity index (χ0v) is 12.0. The highest BCUT2D eigenvalue weighted by atomic mass is 79.9. The van der Waals surface area contributed by atoms with Gasteiger partial charge in [-0.15, -0.1) is 0 Å². The second-order valence-corrected chi connectivity index (χ2v) is 5.41. The maximum absolute atomic E-state index is 9.87. The third kappa shape index (κ3) is 4.30. The van der Waals surface area contributed by atoms with Gasteiger partial charge in [0.25, 0.3) is 0 Å². The maximum atomic E-state index is 9.87. The summed E-state index contributed by atoms with van der Waals surface area (Å²) in [5, 5.41) is 19.5. The molecule has 0 aliphatic rings. The molecule has 0 aliphatic heterocycles. The lowest BCUT2D eigenvalue weighted by molar-refractivity contribution is 0.00746. The highest BCUT2D eigenvalue weighted by Gasteiger charge is 2.19. The summed E-state index contributed by atoms with van der Waals surface area (Å²) < 4.78 is 6.47. The summed E-state index contributed by atoms with van der Waals surface area (Å²) in [4.78, 5) is 0. The molecule has 0 saturated carbocycles. The molecule has 4 heteroatoms. The number of aliphatic hydroxyl groups excluding tert-OH is 1. The Morgan fingerprint density at radius 1 is 1.47 bits per heavy atom. The van der Waals surface area contributed by atoms with Crippen molar-refractivity contribution in [1.29, 1.82) is 0 Å². The summed E-state index contributed by atoms with van der Waals surface area (Å²) >= 11 is 3.35. The molecule has 1 aromatic rings. The van der Waals surface area contributed by atoms with Crippen molar-refractivity contribution >= 4 is 15.9 Å². The Labute approximate surface area is 111 Å². The monoisotopic (exact) mass is 302 g/mol. The van der Waals surface area contributed by atoms with Crippen LogP contribution in [0.3, 0.4) is 0 Å². The molecule has 2 atom stereocenters. The van der Waals surface area contributed by atoms with Crippen molar-refractivity contribution in [2.24, 2.45) is 0 Å². The van der Waals surface area contributed by atoms with Crippen LogP contribution >= 0.6 is 15.9 Å². The van der Waals surface area contributed by atoms with Crippen molar-refractivity contribution in [3.05, 3.63) is 28.2 Å². The molecule has 96 valence electrons. The van der Waals surface area contributed by atoms with E-state index in [4.69, 9.17) is 4.74 Å². The third-order valence-corrected chi connectivity index (χ3v) is 3.22. The van der Waals surface area contributed by atoms with Gasteiger partial charge < -0.3 is 14.9 Å². The summed E-state index contributed by atoms with van der Waals surface area (Å²) in [6.07, 6.45) is 0.0159. The molecule has 1 unspecified atom stereocenters. The average Bonchev–Trinajstić information content (AvgIpc) is 2.27. The quantitative estimate of drug-likeness (QED) is 0.879. The zero-order chi connectivity index (χ0) is 13.1. The number of hydrogen-bond donors (Lipinski definition) is 2. The fourth-order valence-electron chi connectivity index (χ4n) is 1.31. The molecule has 0 fully saturated rings. The van der Waals surface area contributed by atoms with E-state index >= 15 is 0 Å². The van der Waals surface area contributed by atoms with E-state index in [0.717, 1.165) is 4.47 Å². The fraction of sp³-hybridized carbons (Fsp3) is 0.538. The largest absolute Gasteiger partial charge is 0.490 e.